The van der Waals surface area contributed by atoms with Gasteiger partial charge in [0, 0.05) is 38.0 Å². The Morgan fingerprint density at radius 1 is 1.08 bits per heavy atom. The van der Waals surface area contributed by atoms with E-state index in [2.05, 4.69) is 21.3 Å². The third-order valence-corrected chi connectivity index (χ3v) is 11.4. The standard InChI is InChI=1S/C42H62ClF4N7O8/c1-9-18-53-31(21-25-14-13-15-26(43)20-25)35(57)51-40(5,6)38(60)48-17-12-11-16-30(33(55)50-29(37(53)59)19-24(3)4)52(8)36(58)28(10-2)49-34(56)32-22-27(44)23-54(32)39(61)41(7,62)42(45,46)47/h13-15,20,24,27-32,62H,9-12,16-19,21-23H2,1-8H3,(H,48,60)(H,49,56)(H,50,55)(H,51,57)/t27-,28+,29+,30+,31+,32+,41-/m1/s1. The average molecular weight is 904 g/mol. The number of hydrogen-bond donors (Lipinski definition) is 5. The normalized spacial score (nSPS) is 24.7. The summed E-state index contributed by atoms with van der Waals surface area (Å²) < 4.78 is 55.2. The summed E-state index contributed by atoms with van der Waals surface area (Å²) >= 11 is 6.29. The minimum Gasteiger partial charge on any atom is -0.373 e. The molecule has 0 spiro atoms. The number of carbonyl (C=O) groups excluding carboxylic acids is 7. The van der Waals surface area contributed by atoms with Crippen LogP contribution in [0.1, 0.15) is 99.0 Å². The third-order valence-electron chi connectivity index (χ3n) is 11.2. The van der Waals surface area contributed by atoms with Crippen molar-refractivity contribution in [2.24, 2.45) is 5.92 Å². The van der Waals surface area contributed by atoms with Crippen molar-refractivity contribution >= 4 is 53.0 Å². The second kappa shape index (κ2) is 21.7. The maximum absolute atomic E-state index is 14.7. The van der Waals surface area contributed by atoms with Crippen LogP contribution in [0.3, 0.4) is 0 Å². The number of nitrogens with one attached hydrogen (secondary N) is 4. The number of nitrogens with zero attached hydrogens (tertiary/aromatic N) is 3. The van der Waals surface area contributed by atoms with E-state index in [4.69, 9.17) is 11.6 Å². The van der Waals surface area contributed by atoms with Gasteiger partial charge in [0.1, 0.15) is 41.9 Å². The van der Waals surface area contributed by atoms with Gasteiger partial charge < -0.3 is 41.1 Å². The van der Waals surface area contributed by atoms with Crippen LogP contribution in [0.15, 0.2) is 24.3 Å². The number of rotatable bonds is 12. The molecule has 0 aliphatic carbocycles. The Bertz CT molecular complexity index is 1800. The molecule has 0 radical (unpaired) electrons. The molecule has 2 aliphatic rings. The van der Waals surface area contributed by atoms with E-state index in [1.165, 1.54) is 32.7 Å². The van der Waals surface area contributed by atoms with Gasteiger partial charge >= 0.3 is 6.18 Å². The molecule has 0 saturated carbocycles. The van der Waals surface area contributed by atoms with E-state index in [1.54, 1.807) is 24.3 Å². The van der Waals surface area contributed by atoms with Gasteiger partial charge in [-0.05, 0) is 82.9 Å². The number of carbonyl (C=O) groups is 7. The zero-order valence-corrected chi connectivity index (χ0v) is 37.4. The zero-order chi connectivity index (χ0) is 46.9. The first-order valence-corrected chi connectivity index (χ1v) is 21.4. The number of aliphatic hydroxyl groups is 1. The molecule has 62 heavy (non-hydrogen) atoms. The summed E-state index contributed by atoms with van der Waals surface area (Å²) in [6, 6.07) is -0.00928. The lowest BCUT2D eigenvalue weighted by Gasteiger charge is -2.37. The van der Waals surface area contributed by atoms with E-state index in [0.29, 0.717) is 28.3 Å². The molecular weight excluding hydrogens is 842 g/mol. The first-order chi connectivity index (χ1) is 28.8. The summed E-state index contributed by atoms with van der Waals surface area (Å²) in [4.78, 5) is 100. The highest BCUT2D eigenvalue weighted by atomic mass is 35.5. The maximum atomic E-state index is 14.7. The summed E-state index contributed by atoms with van der Waals surface area (Å²) in [5.41, 5.74) is -4.69. The van der Waals surface area contributed by atoms with Crippen LogP contribution in [-0.4, -0.2) is 142 Å². The quantitative estimate of drug-likeness (QED) is 0.197. The number of likely N-dealkylation sites (N-methyl/N-ethyl adjacent to an activating group) is 1. The van der Waals surface area contributed by atoms with Gasteiger partial charge in [-0.25, -0.2) is 4.39 Å². The smallest absolute Gasteiger partial charge is 0.373 e. The largest absolute Gasteiger partial charge is 0.426 e. The topological polar surface area (TPSA) is 198 Å². The molecule has 1 aromatic rings. The van der Waals surface area contributed by atoms with Crippen LogP contribution in [0.4, 0.5) is 17.6 Å². The lowest BCUT2D eigenvalue weighted by atomic mass is 9.96. The van der Waals surface area contributed by atoms with Gasteiger partial charge in [0.25, 0.3) is 5.91 Å². The molecule has 0 bridgehead atoms. The van der Waals surface area contributed by atoms with Gasteiger partial charge in [-0.3, -0.25) is 33.6 Å². The highest BCUT2D eigenvalue weighted by molar-refractivity contribution is 6.30. The predicted molar refractivity (Wildman–Crippen MR) is 222 cm³/mol. The van der Waals surface area contributed by atoms with Crippen LogP contribution >= 0.6 is 11.6 Å². The van der Waals surface area contributed by atoms with E-state index in [0.717, 1.165) is 4.90 Å². The van der Waals surface area contributed by atoms with Crippen molar-refractivity contribution in [3.8, 4) is 0 Å². The molecule has 3 rings (SSSR count). The van der Waals surface area contributed by atoms with Gasteiger partial charge in [0.15, 0.2) is 0 Å². The van der Waals surface area contributed by atoms with Gasteiger partial charge in [-0.15, -0.1) is 0 Å². The van der Waals surface area contributed by atoms with Crippen molar-refractivity contribution < 1.29 is 56.2 Å². The molecule has 2 heterocycles. The first-order valence-electron chi connectivity index (χ1n) is 21.0. The Hall–Kier alpha value is -4.52. The van der Waals surface area contributed by atoms with Crippen molar-refractivity contribution in [2.75, 3.05) is 26.7 Å². The molecule has 1 aromatic carbocycles. The average Bonchev–Trinajstić information content (AvgIpc) is 3.58. The maximum Gasteiger partial charge on any atom is 0.426 e. The van der Waals surface area contributed by atoms with Crippen molar-refractivity contribution in [3.63, 3.8) is 0 Å². The number of amides is 7. The lowest BCUT2D eigenvalue weighted by Crippen LogP contribution is -2.63. The molecule has 7 atom stereocenters. The fourth-order valence-corrected chi connectivity index (χ4v) is 7.76. The Kier molecular flexibility index (Phi) is 18.2. The van der Waals surface area contributed by atoms with Crippen molar-refractivity contribution in [3.05, 3.63) is 34.9 Å². The number of hydrogen-bond acceptors (Lipinski definition) is 8. The second-order valence-electron chi connectivity index (χ2n) is 17.2. The zero-order valence-electron chi connectivity index (χ0n) is 36.7. The molecule has 2 saturated heterocycles. The van der Waals surface area contributed by atoms with Gasteiger partial charge in [-0.1, -0.05) is 51.4 Å². The third kappa shape index (κ3) is 13.0. The van der Waals surface area contributed by atoms with E-state index in [1.807, 2.05) is 20.8 Å². The van der Waals surface area contributed by atoms with E-state index in [9.17, 15) is 56.2 Å². The molecule has 2 aliphatic heterocycles. The molecule has 0 aromatic heterocycles. The number of halogens is 5. The Labute approximate surface area is 365 Å². The van der Waals surface area contributed by atoms with Crippen LogP contribution in [0.25, 0.3) is 0 Å². The summed E-state index contributed by atoms with van der Waals surface area (Å²) in [7, 11) is 1.31. The molecule has 2 fully saturated rings. The summed E-state index contributed by atoms with van der Waals surface area (Å²) in [5, 5.41) is 21.3. The minimum absolute atomic E-state index is 0.0164. The van der Waals surface area contributed by atoms with Crippen LogP contribution in [0.5, 0.6) is 0 Å². The highest BCUT2D eigenvalue weighted by Crippen LogP contribution is 2.34. The SMILES string of the molecule is CCCN1C(=O)[C@H](CC(C)C)NC(=O)[C@@H](N(C)C(=O)[C@H](CC)NC(=O)[C@@H]2C[C@@H](F)CN2C(=O)[C@@](C)(O)C(F)(F)F)CCCCNC(=O)C(C)(C)NC(=O)[C@@H]1Cc1cccc(Cl)c1. The Balaban J connectivity index is 2.01. The van der Waals surface area contributed by atoms with Crippen LogP contribution in [0.2, 0.25) is 5.02 Å². The molecule has 15 nitrogen and oxygen atoms in total. The van der Waals surface area contributed by atoms with Gasteiger partial charge in [0.05, 0.1) is 6.54 Å². The Morgan fingerprint density at radius 2 is 1.74 bits per heavy atom. The molecule has 20 heteroatoms. The van der Waals surface area contributed by atoms with E-state index in [-0.39, 0.29) is 58.0 Å². The molecule has 0 unspecified atom stereocenters. The Morgan fingerprint density at radius 3 is 2.32 bits per heavy atom. The van der Waals surface area contributed by atoms with Crippen molar-refractivity contribution in [2.45, 2.75) is 154 Å². The predicted octanol–water partition coefficient (Wildman–Crippen LogP) is 3.19. The fourth-order valence-electron chi connectivity index (χ4n) is 7.55. The summed E-state index contributed by atoms with van der Waals surface area (Å²) in [6.45, 7) is 9.63. The molecule has 5 N–H and O–H groups in total. The molecule has 7 amide bonds. The number of benzene rings is 1. The van der Waals surface area contributed by atoms with Crippen molar-refractivity contribution in [1.29, 1.82) is 0 Å². The van der Waals surface area contributed by atoms with E-state index >= 15 is 0 Å². The second-order valence-corrected chi connectivity index (χ2v) is 17.7. The van der Waals surface area contributed by atoms with E-state index < -0.39 is 108 Å². The van der Waals surface area contributed by atoms with Gasteiger partial charge in [0.2, 0.25) is 41.0 Å². The van der Waals surface area contributed by atoms with Crippen LogP contribution in [0, 0.1) is 5.92 Å². The summed E-state index contributed by atoms with van der Waals surface area (Å²) in [6.07, 6.45) is -6.93. The lowest BCUT2D eigenvalue weighted by molar-refractivity contribution is -0.250. The van der Waals surface area contributed by atoms with Crippen LogP contribution < -0.4 is 21.3 Å². The molecule has 348 valence electrons. The minimum atomic E-state index is -5.43. The number of likely N-dealkylation sites (tertiary alicyclic amines) is 1. The van der Waals surface area contributed by atoms with Crippen molar-refractivity contribution in [1.82, 2.24) is 36.0 Å². The summed E-state index contributed by atoms with van der Waals surface area (Å²) in [5.74, 6) is -6.44. The number of alkyl halides is 4. The monoisotopic (exact) mass is 903 g/mol. The molecular formula is C42H62ClF4N7O8. The fraction of sp³-hybridized carbons (Fsp3) is 0.690. The highest BCUT2D eigenvalue weighted by Gasteiger charge is 2.59. The first kappa shape index (κ1) is 51.8. The van der Waals surface area contributed by atoms with Crippen LogP contribution in [-0.2, 0) is 40.0 Å². The van der Waals surface area contributed by atoms with Gasteiger partial charge in [-0.2, -0.15) is 13.2 Å².